The van der Waals surface area contributed by atoms with E-state index in [0.717, 1.165) is 0 Å². The molecule has 0 atom stereocenters. The first kappa shape index (κ1) is 28.0. The molecule has 0 N–H and O–H groups in total. The van der Waals surface area contributed by atoms with Gasteiger partial charge in [-0.25, -0.2) is 0 Å². The fraction of sp³-hybridized carbons (Fsp3) is 0.0870. The maximum absolute atomic E-state index is 2.44. The lowest BCUT2D eigenvalue weighted by molar-refractivity contribution is 1.35. The highest BCUT2D eigenvalue weighted by atomic mass is 14.3. The van der Waals surface area contributed by atoms with E-state index >= 15 is 0 Å². The summed E-state index contributed by atoms with van der Waals surface area (Å²) in [6, 6.07) is 53.7. The summed E-state index contributed by atoms with van der Waals surface area (Å²) >= 11 is 0. The first-order valence-electron chi connectivity index (χ1n) is 16.2. The molecule has 8 aromatic rings. The van der Waals surface area contributed by atoms with Crippen LogP contribution < -0.4 is 0 Å². The van der Waals surface area contributed by atoms with Crippen molar-refractivity contribution >= 4 is 32.3 Å². The van der Waals surface area contributed by atoms with Gasteiger partial charge in [-0.2, -0.15) is 0 Å². The summed E-state index contributed by atoms with van der Waals surface area (Å²) in [5.74, 6) is 0. The number of benzene rings is 8. The van der Waals surface area contributed by atoms with Gasteiger partial charge in [0.05, 0.1) is 0 Å². The maximum atomic E-state index is 2.44. The minimum absolute atomic E-state index is 1.25. The molecule has 0 aliphatic carbocycles. The Bertz CT molecular complexity index is 2330. The molecule has 0 heterocycles. The van der Waals surface area contributed by atoms with Gasteiger partial charge in [0.15, 0.2) is 0 Å². The predicted molar refractivity (Wildman–Crippen MR) is 200 cm³/mol. The fourth-order valence-electron chi connectivity index (χ4n) is 7.65. The van der Waals surface area contributed by atoms with E-state index in [4.69, 9.17) is 0 Å². The molecule has 0 amide bonds. The molecular weight excluding hydrogens is 553 g/mol. The Morgan fingerprint density at radius 1 is 0.304 bits per heavy atom. The largest absolute Gasteiger partial charge is 0.0620 e. The van der Waals surface area contributed by atoms with Crippen LogP contribution in [0.15, 0.2) is 146 Å². The van der Waals surface area contributed by atoms with Gasteiger partial charge in [-0.1, -0.05) is 133 Å². The van der Waals surface area contributed by atoms with Gasteiger partial charge in [0.25, 0.3) is 0 Å². The molecule has 0 radical (unpaired) electrons. The number of fused-ring (bicyclic) bond motifs is 3. The maximum Gasteiger partial charge on any atom is -0.00206 e. The van der Waals surface area contributed by atoms with E-state index in [1.807, 2.05) is 0 Å². The molecule has 0 heteroatoms. The van der Waals surface area contributed by atoms with Crippen molar-refractivity contribution in [3.8, 4) is 44.5 Å². The van der Waals surface area contributed by atoms with E-state index in [9.17, 15) is 0 Å². The van der Waals surface area contributed by atoms with Crippen LogP contribution in [-0.4, -0.2) is 0 Å². The van der Waals surface area contributed by atoms with Crippen LogP contribution in [0.25, 0.3) is 76.8 Å². The summed E-state index contributed by atoms with van der Waals surface area (Å²) in [7, 11) is 0. The van der Waals surface area contributed by atoms with Crippen molar-refractivity contribution in [2.75, 3.05) is 0 Å². The van der Waals surface area contributed by atoms with Crippen molar-refractivity contribution in [3.05, 3.63) is 168 Å². The van der Waals surface area contributed by atoms with Crippen LogP contribution in [0, 0.1) is 27.7 Å². The zero-order valence-electron chi connectivity index (χ0n) is 26.9. The van der Waals surface area contributed by atoms with Gasteiger partial charge < -0.3 is 0 Å². The van der Waals surface area contributed by atoms with E-state index in [1.165, 1.54) is 99.1 Å². The van der Waals surface area contributed by atoms with Crippen molar-refractivity contribution in [2.45, 2.75) is 27.7 Å². The minimum atomic E-state index is 1.25. The number of hydrogen-bond donors (Lipinski definition) is 0. The Balaban J connectivity index is 1.53. The second kappa shape index (κ2) is 11.2. The molecule has 0 aliphatic heterocycles. The van der Waals surface area contributed by atoms with Gasteiger partial charge in [0, 0.05) is 0 Å². The smallest absolute Gasteiger partial charge is 0.00206 e. The molecule has 0 saturated carbocycles. The first-order chi connectivity index (χ1) is 22.5. The van der Waals surface area contributed by atoms with Crippen LogP contribution >= 0.6 is 0 Å². The summed E-state index contributed by atoms with van der Waals surface area (Å²) in [4.78, 5) is 0. The van der Waals surface area contributed by atoms with Gasteiger partial charge in [-0.15, -0.1) is 0 Å². The SMILES string of the molecule is Cc1ccccc1-c1cc(-c2ccccc2C)c(C)c(-c2c3ccccc3c(-c3ccc4ccccc4c3)c3ccccc23)c1C. The third-order valence-electron chi connectivity index (χ3n) is 9.94. The van der Waals surface area contributed by atoms with Gasteiger partial charge in [-0.3, -0.25) is 0 Å². The van der Waals surface area contributed by atoms with Crippen molar-refractivity contribution in [1.29, 1.82) is 0 Å². The van der Waals surface area contributed by atoms with Gasteiger partial charge in [0.1, 0.15) is 0 Å². The highest BCUT2D eigenvalue weighted by molar-refractivity contribution is 6.22. The van der Waals surface area contributed by atoms with E-state index in [1.54, 1.807) is 0 Å². The molecule has 0 fully saturated rings. The Hall–Kier alpha value is -5.46. The third kappa shape index (κ3) is 4.44. The van der Waals surface area contributed by atoms with Crippen molar-refractivity contribution in [1.82, 2.24) is 0 Å². The molecule has 46 heavy (non-hydrogen) atoms. The molecule has 0 nitrogen and oxygen atoms in total. The van der Waals surface area contributed by atoms with Crippen LogP contribution in [0.5, 0.6) is 0 Å². The van der Waals surface area contributed by atoms with E-state index in [2.05, 4.69) is 173 Å². The topological polar surface area (TPSA) is 0 Å². The highest BCUT2D eigenvalue weighted by Gasteiger charge is 2.23. The molecule has 0 aromatic heterocycles. The lowest BCUT2D eigenvalue weighted by atomic mass is 9.79. The molecule has 220 valence electrons. The zero-order valence-corrected chi connectivity index (χ0v) is 26.9. The normalized spacial score (nSPS) is 11.5. The molecule has 8 rings (SSSR count). The predicted octanol–water partition coefficient (Wildman–Crippen LogP) is 13.0. The standard InChI is InChI=1S/C46H36/c1-29-15-5-9-19-36(29)42-28-43(37-20-10-6-16-30(37)2)32(4)44(31(42)3)46-40-23-13-11-21-38(40)45(39-22-12-14-24-41(39)46)35-26-25-33-17-7-8-18-34(33)27-35/h5-28H,1-4H3. The molecular formula is C46H36. The Kier molecular flexibility index (Phi) is 6.80. The zero-order chi connectivity index (χ0) is 31.4. The fourth-order valence-corrected chi connectivity index (χ4v) is 7.65. The second-order valence-corrected chi connectivity index (χ2v) is 12.6. The van der Waals surface area contributed by atoms with Crippen LogP contribution in [0.1, 0.15) is 22.3 Å². The minimum Gasteiger partial charge on any atom is -0.0620 e. The van der Waals surface area contributed by atoms with E-state index in [0.29, 0.717) is 0 Å². The number of rotatable bonds is 4. The molecule has 8 aromatic carbocycles. The Morgan fingerprint density at radius 2 is 0.739 bits per heavy atom. The van der Waals surface area contributed by atoms with Gasteiger partial charge >= 0.3 is 0 Å². The monoisotopic (exact) mass is 588 g/mol. The molecule has 0 saturated heterocycles. The summed E-state index contributed by atoms with van der Waals surface area (Å²) in [6.07, 6.45) is 0. The number of hydrogen-bond acceptors (Lipinski definition) is 0. The Labute approximate surface area is 271 Å². The third-order valence-corrected chi connectivity index (χ3v) is 9.94. The second-order valence-electron chi connectivity index (χ2n) is 12.6. The van der Waals surface area contributed by atoms with Crippen molar-refractivity contribution in [2.24, 2.45) is 0 Å². The van der Waals surface area contributed by atoms with Crippen LogP contribution in [0.3, 0.4) is 0 Å². The molecule has 0 unspecified atom stereocenters. The van der Waals surface area contributed by atoms with Gasteiger partial charge in [-0.05, 0) is 139 Å². The summed E-state index contributed by atoms with van der Waals surface area (Å²) in [5.41, 5.74) is 15.6. The molecule has 0 bridgehead atoms. The first-order valence-corrected chi connectivity index (χ1v) is 16.2. The lowest BCUT2D eigenvalue weighted by Crippen LogP contribution is -2.00. The average Bonchev–Trinajstić information content (AvgIpc) is 3.09. The average molecular weight is 589 g/mol. The van der Waals surface area contributed by atoms with Crippen LogP contribution in [0.4, 0.5) is 0 Å². The summed E-state index contributed by atoms with van der Waals surface area (Å²) in [5, 5.41) is 7.66. The summed E-state index contributed by atoms with van der Waals surface area (Å²) < 4.78 is 0. The lowest BCUT2D eigenvalue weighted by Gasteiger charge is -2.24. The van der Waals surface area contributed by atoms with E-state index < -0.39 is 0 Å². The van der Waals surface area contributed by atoms with Gasteiger partial charge in [0.2, 0.25) is 0 Å². The molecule has 0 aliphatic rings. The highest BCUT2D eigenvalue weighted by Crippen LogP contribution is 2.49. The number of aryl methyl sites for hydroxylation is 2. The molecule has 0 spiro atoms. The van der Waals surface area contributed by atoms with Crippen LogP contribution in [0.2, 0.25) is 0 Å². The Morgan fingerprint density at radius 3 is 1.26 bits per heavy atom. The van der Waals surface area contributed by atoms with E-state index in [-0.39, 0.29) is 0 Å². The quantitative estimate of drug-likeness (QED) is 0.179. The van der Waals surface area contributed by atoms with Crippen LogP contribution in [-0.2, 0) is 0 Å². The summed E-state index contributed by atoms with van der Waals surface area (Å²) in [6.45, 7) is 9.11. The van der Waals surface area contributed by atoms with Crippen molar-refractivity contribution in [3.63, 3.8) is 0 Å². The van der Waals surface area contributed by atoms with Crippen molar-refractivity contribution < 1.29 is 0 Å².